The Morgan fingerprint density at radius 2 is 2.25 bits per heavy atom. The van der Waals surface area contributed by atoms with E-state index in [1.54, 1.807) is 4.57 Å². The van der Waals surface area contributed by atoms with Gasteiger partial charge in [-0.3, -0.25) is 4.79 Å². The molecule has 0 aliphatic heterocycles. The van der Waals surface area contributed by atoms with Crippen LogP contribution in [-0.4, -0.2) is 15.3 Å². The molecule has 0 spiro atoms. The minimum absolute atomic E-state index is 0.00880. The summed E-state index contributed by atoms with van der Waals surface area (Å²) in [6.45, 7) is 0. The van der Waals surface area contributed by atoms with Crippen LogP contribution in [0.3, 0.4) is 0 Å². The zero-order valence-corrected chi connectivity index (χ0v) is 8.68. The molecule has 0 aromatic carbocycles. The fourth-order valence-corrected chi connectivity index (χ4v) is 2.07. The van der Waals surface area contributed by atoms with Crippen molar-refractivity contribution in [3.8, 4) is 12.1 Å². The van der Waals surface area contributed by atoms with Gasteiger partial charge in [0.15, 0.2) is 11.4 Å². The summed E-state index contributed by atoms with van der Waals surface area (Å²) in [4.78, 5) is 15.2. The zero-order valence-electron chi connectivity index (χ0n) is 8.68. The van der Waals surface area contributed by atoms with E-state index in [0.717, 1.165) is 12.8 Å². The van der Waals surface area contributed by atoms with Crippen molar-refractivity contribution >= 4 is 5.78 Å². The van der Waals surface area contributed by atoms with Crippen LogP contribution in [0.4, 0.5) is 0 Å². The molecule has 1 atom stereocenters. The maximum absolute atomic E-state index is 11.3. The van der Waals surface area contributed by atoms with Crippen molar-refractivity contribution in [2.75, 3.05) is 0 Å². The summed E-state index contributed by atoms with van der Waals surface area (Å²) in [6.07, 6.45) is 4.25. The zero-order chi connectivity index (χ0) is 11.5. The molecule has 1 saturated carbocycles. The smallest absolute Gasteiger partial charge is 0.176 e. The molecule has 5 heteroatoms. The molecule has 1 aliphatic carbocycles. The van der Waals surface area contributed by atoms with Crippen LogP contribution in [0.15, 0.2) is 6.33 Å². The van der Waals surface area contributed by atoms with Crippen LogP contribution >= 0.6 is 0 Å². The number of rotatable bonds is 1. The number of aromatic nitrogens is 2. The molecule has 1 unspecified atom stereocenters. The van der Waals surface area contributed by atoms with Gasteiger partial charge in [0.1, 0.15) is 17.9 Å². The fourth-order valence-electron chi connectivity index (χ4n) is 2.07. The SMILES string of the molecule is N#Cc1ncn(C2CCCC(=O)C2)c1C#N. The Morgan fingerprint density at radius 1 is 1.44 bits per heavy atom. The lowest BCUT2D eigenvalue weighted by Gasteiger charge is -2.22. The monoisotopic (exact) mass is 214 g/mol. The number of carbonyl (C=O) groups excluding carboxylic acids is 1. The molecule has 1 aromatic heterocycles. The van der Waals surface area contributed by atoms with E-state index in [1.165, 1.54) is 6.33 Å². The molecule has 1 heterocycles. The molecule has 0 N–H and O–H groups in total. The van der Waals surface area contributed by atoms with Crippen molar-refractivity contribution in [3.63, 3.8) is 0 Å². The Labute approximate surface area is 92.9 Å². The first-order chi connectivity index (χ1) is 7.76. The third-order valence-corrected chi connectivity index (χ3v) is 2.86. The van der Waals surface area contributed by atoms with Crippen molar-refractivity contribution in [2.24, 2.45) is 0 Å². The Morgan fingerprint density at radius 3 is 2.88 bits per heavy atom. The lowest BCUT2D eigenvalue weighted by Crippen LogP contribution is -2.19. The minimum Gasteiger partial charge on any atom is -0.318 e. The molecular formula is C11H10N4O. The summed E-state index contributed by atoms with van der Waals surface area (Å²) in [5, 5.41) is 17.7. The number of imidazole rings is 1. The Kier molecular flexibility index (Phi) is 2.70. The molecule has 80 valence electrons. The number of ketones is 1. The van der Waals surface area contributed by atoms with E-state index in [4.69, 9.17) is 10.5 Å². The van der Waals surface area contributed by atoms with E-state index in [9.17, 15) is 4.79 Å². The summed E-state index contributed by atoms with van der Waals surface area (Å²) >= 11 is 0. The third kappa shape index (κ3) is 1.68. The number of nitriles is 2. The van der Waals surface area contributed by atoms with E-state index in [-0.39, 0.29) is 23.2 Å². The topological polar surface area (TPSA) is 82.5 Å². The van der Waals surface area contributed by atoms with Gasteiger partial charge in [0.25, 0.3) is 0 Å². The van der Waals surface area contributed by atoms with Gasteiger partial charge in [0.05, 0.1) is 6.33 Å². The average molecular weight is 214 g/mol. The standard InChI is InChI=1S/C11H10N4O/c12-5-10-11(6-13)15(7-14-10)8-2-1-3-9(16)4-8/h7-8H,1-4H2. The molecule has 1 aliphatic rings. The van der Waals surface area contributed by atoms with Crippen LogP contribution in [0.1, 0.15) is 43.1 Å². The summed E-state index contributed by atoms with van der Waals surface area (Å²) in [7, 11) is 0. The van der Waals surface area contributed by atoms with Crippen LogP contribution in [0.25, 0.3) is 0 Å². The predicted octanol–water partition coefficient (Wildman–Crippen LogP) is 1.31. The maximum Gasteiger partial charge on any atom is 0.176 e. The van der Waals surface area contributed by atoms with E-state index in [1.807, 2.05) is 12.1 Å². The minimum atomic E-state index is -0.00880. The summed E-state index contributed by atoms with van der Waals surface area (Å²) in [5.74, 6) is 0.215. The highest BCUT2D eigenvalue weighted by atomic mass is 16.1. The molecule has 0 saturated heterocycles. The van der Waals surface area contributed by atoms with Gasteiger partial charge in [-0.05, 0) is 12.8 Å². The molecule has 0 amide bonds. The Hall–Kier alpha value is -2.14. The number of nitrogens with zero attached hydrogens (tertiary/aromatic N) is 4. The van der Waals surface area contributed by atoms with Crippen LogP contribution in [-0.2, 0) is 4.79 Å². The van der Waals surface area contributed by atoms with E-state index in [2.05, 4.69) is 4.98 Å². The lowest BCUT2D eigenvalue weighted by molar-refractivity contribution is -0.121. The van der Waals surface area contributed by atoms with Crippen LogP contribution < -0.4 is 0 Å². The first kappa shape index (κ1) is 10.4. The van der Waals surface area contributed by atoms with Gasteiger partial charge in [-0.1, -0.05) is 0 Å². The molecule has 5 nitrogen and oxygen atoms in total. The van der Waals surface area contributed by atoms with Gasteiger partial charge in [0, 0.05) is 18.9 Å². The van der Waals surface area contributed by atoms with E-state index >= 15 is 0 Å². The van der Waals surface area contributed by atoms with Gasteiger partial charge in [-0.2, -0.15) is 10.5 Å². The van der Waals surface area contributed by atoms with Gasteiger partial charge in [-0.25, -0.2) is 4.98 Å². The van der Waals surface area contributed by atoms with Crippen LogP contribution in [0.5, 0.6) is 0 Å². The number of carbonyl (C=O) groups is 1. The number of Topliss-reactive ketones (excluding diaryl/α,β-unsaturated/α-hetero) is 1. The quantitative estimate of drug-likeness (QED) is 0.705. The first-order valence-corrected chi connectivity index (χ1v) is 5.15. The van der Waals surface area contributed by atoms with Crippen molar-refractivity contribution in [1.82, 2.24) is 9.55 Å². The second kappa shape index (κ2) is 4.16. The second-order valence-corrected chi connectivity index (χ2v) is 3.86. The fraction of sp³-hybridized carbons (Fsp3) is 0.455. The molecule has 16 heavy (non-hydrogen) atoms. The average Bonchev–Trinajstić information content (AvgIpc) is 2.71. The number of hydrogen-bond donors (Lipinski definition) is 0. The summed E-state index contributed by atoms with van der Waals surface area (Å²) in [6, 6.07) is 3.84. The van der Waals surface area contributed by atoms with Crippen molar-refractivity contribution in [3.05, 3.63) is 17.7 Å². The highest BCUT2D eigenvalue weighted by Crippen LogP contribution is 2.27. The number of hydrogen-bond acceptors (Lipinski definition) is 4. The molecular weight excluding hydrogens is 204 g/mol. The maximum atomic E-state index is 11.3. The highest BCUT2D eigenvalue weighted by molar-refractivity contribution is 5.79. The Bertz CT molecular complexity index is 503. The van der Waals surface area contributed by atoms with E-state index in [0.29, 0.717) is 12.8 Å². The molecule has 0 radical (unpaired) electrons. The lowest BCUT2D eigenvalue weighted by atomic mass is 9.94. The van der Waals surface area contributed by atoms with Crippen molar-refractivity contribution < 1.29 is 4.79 Å². The van der Waals surface area contributed by atoms with E-state index < -0.39 is 0 Å². The van der Waals surface area contributed by atoms with Crippen LogP contribution in [0, 0.1) is 22.7 Å². The van der Waals surface area contributed by atoms with Crippen molar-refractivity contribution in [1.29, 1.82) is 10.5 Å². The first-order valence-electron chi connectivity index (χ1n) is 5.15. The van der Waals surface area contributed by atoms with Crippen molar-refractivity contribution in [2.45, 2.75) is 31.7 Å². The highest BCUT2D eigenvalue weighted by Gasteiger charge is 2.24. The van der Waals surface area contributed by atoms with Gasteiger partial charge in [0.2, 0.25) is 0 Å². The molecule has 2 rings (SSSR count). The third-order valence-electron chi connectivity index (χ3n) is 2.86. The van der Waals surface area contributed by atoms with Crippen LogP contribution in [0.2, 0.25) is 0 Å². The van der Waals surface area contributed by atoms with Gasteiger partial charge < -0.3 is 4.57 Å². The summed E-state index contributed by atoms with van der Waals surface area (Å²) < 4.78 is 1.66. The largest absolute Gasteiger partial charge is 0.318 e. The van der Waals surface area contributed by atoms with Gasteiger partial charge in [-0.15, -0.1) is 0 Å². The summed E-state index contributed by atoms with van der Waals surface area (Å²) in [5.41, 5.74) is 0.405. The molecule has 1 fully saturated rings. The normalized spacial score (nSPS) is 20.1. The predicted molar refractivity (Wildman–Crippen MR) is 54.2 cm³/mol. The Balaban J connectivity index is 2.34. The molecule has 0 bridgehead atoms. The molecule has 1 aromatic rings. The van der Waals surface area contributed by atoms with Gasteiger partial charge >= 0.3 is 0 Å². The second-order valence-electron chi connectivity index (χ2n) is 3.86.